The Morgan fingerprint density at radius 2 is 1.93 bits per heavy atom. The maximum Gasteiger partial charge on any atom is 0.224 e. The van der Waals surface area contributed by atoms with Gasteiger partial charge in [0.1, 0.15) is 0 Å². The minimum absolute atomic E-state index is 0.0330. The van der Waals surface area contributed by atoms with E-state index in [0.29, 0.717) is 30.1 Å². The van der Waals surface area contributed by atoms with Gasteiger partial charge in [-0.05, 0) is 63.1 Å². The van der Waals surface area contributed by atoms with E-state index in [1.54, 1.807) is 9.20 Å². The summed E-state index contributed by atoms with van der Waals surface area (Å²) >= 11 is 3.41. The van der Waals surface area contributed by atoms with Crippen molar-refractivity contribution in [3.8, 4) is 5.82 Å². The fraction of sp³-hybridized carbons (Fsp3) is 0.250. The molecule has 8 nitrogen and oxygen atoms in total. The molecule has 0 aliphatic heterocycles. The molecular formula is C20H20BrN7O. The molecule has 0 bridgehead atoms. The summed E-state index contributed by atoms with van der Waals surface area (Å²) in [7, 11) is 0. The third-order valence-corrected chi connectivity index (χ3v) is 5.27. The van der Waals surface area contributed by atoms with Crippen LogP contribution in [0.25, 0.3) is 11.5 Å². The van der Waals surface area contributed by atoms with Crippen molar-refractivity contribution in [3.63, 3.8) is 0 Å². The van der Waals surface area contributed by atoms with E-state index in [-0.39, 0.29) is 5.91 Å². The van der Waals surface area contributed by atoms with Crippen LogP contribution in [0.2, 0.25) is 0 Å². The normalized spacial score (nSPS) is 11.2. The molecule has 0 saturated heterocycles. The summed E-state index contributed by atoms with van der Waals surface area (Å²) in [6, 6.07) is 11.3. The molecule has 29 heavy (non-hydrogen) atoms. The topological polar surface area (TPSA) is 90.0 Å². The highest BCUT2D eigenvalue weighted by atomic mass is 79.9. The Morgan fingerprint density at radius 3 is 2.72 bits per heavy atom. The summed E-state index contributed by atoms with van der Waals surface area (Å²) < 4.78 is 4.42. The molecule has 1 aromatic carbocycles. The average molecular weight is 454 g/mol. The second-order valence-corrected chi connectivity index (χ2v) is 7.74. The first kappa shape index (κ1) is 19.3. The molecule has 0 radical (unpaired) electrons. The lowest BCUT2D eigenvalue weighted by Gasteiger charge is -2.07. The van der Waals surface area contributed by atoms with E-state index >= 15 is 0 Å². The summed E-state index contributed by atoms with van der Waals surface area (Å²) in [5.74, 6) is 1.37. The van der Waals surface area contributed by atoms with Crippen LogP contribution in [0.4, 0.5) is 5.69 Å². The molecule has 4 aromatic rings. The number of nitrogens with zero attached hydrogens (tertiary/aromatic N) is 6. The number of amides is 1. The van der Waals surface area contributed by atoms with Crippen molar-refractivity contribution in [2.24, 2.45) is 0 Å². The molecule has 148 valence electrons. The molecule has 0 fully saturated rings. The van der Waals surface area contributed by atoms with Crippen molar-refractivity contribution in [2.45, 2.75) is 33.6 Å². The van der Waals surface area contributed by atoms with Gasteiger partial charge in [-0.15, -0.1) is 15.3 Å². The van der Waals surface area contributed by atoms with Gasteiger partial charge in [0.25, 0.3) is 0 Å². The molecule has 0 atom stereocenters. The van der Waals surface area contributed by atoms with E-state index in [1.807, 2.05) is 57.2 Å². The molecule has 9 heteroatoms. The predicted octanol–water partition coefficient (Wildman–Crippen LogP) is 3.57. The number of halogens is 1. The first-order chi connectivity index (χ1) is 13.9. The second-order valence-electron chi connectivity index (χ2n) is 6.83. The van der Waals surface area contributed by atoms with Crippen molar-refractivity contribution in [1.82, 2.24) is 29.6 Å². The smallest absolute Gasteiger partial charge is 0.224 e. The van der Waals surface area contributed by atoms with Crippen LogP contribution in [-0.4, -0.2) is 35.5 Å². The molecule has 0 aliphatic carbocycles. The molecule has 3 aromatic heterocycles. The number of carbonyl (C=O) groups is 1. The fourth-order valence-corrected chi connectivity index (χ4v) is 3.69. The van der Waals surface area contributed by atoms with Crippen LogP contribution in [0.15, 0.2) is 40.9 Å². The Hall–Kier alpha value is -3.07. The number of rotatable bonds is 5. The zero-order chi connectivity index (χ0) is 20.5. The minimum atomic E-state index is -0.0330. The minimum Gasteiger partial charge on any atom is -0.326 e. The monoisotopic (exact) mass is 453 g/mol. The summed E-state index contributed by atoms with van der Waals surface area (Å²) in [4.78, 5) is 12.4. The highest BCUT2D eigenvalue weighted by molar-refractivity contribution is 9.10. The second kappa shape index (κ2) is 7.75. The van der Waals surface area contributed by atoms with Gasteiger partial charge in [0.05, 0.1) is 5.69 Å². The van der Waals surface area contributed by atoms with Crippen LogP contribution in [0.3, 0.4) is 0 Å². The lowest BCUT2D eigenvalue weighted by atomic mass is 10.1. The number of carbonyl (C=O) groups excluding carboxylic acids is 1. The van der Waals surface area contributed by atoms with Gasteiger partial charge in [-0.25, -0.2) is 4.68 Å². The number of benzene rings is 1. The highest BCUT2D eigenvalue weighted by Gasteiger charge is 2.16. The number of anilines is 1. The van der Waals surface area contributed by atoms with Gasteiger partial charge in [0.2, 0.25) is 5.91 Å². The Kier molecular flexibility index (Phi) is 5.14. The molecule has 0 unspecified atom stereocenters. The van der Waals surface area contributed by atoms with E-state index in [1.165, 1.54) is 0 Å². The summed E-state index contributed by atoms with van der Waals surface area (Å²) in [5.41, 5.74) is 4.37. The van der Waals surface area contributed by atoms with Crippen molar-refractivity contribution < 1.29 is 4.79 Å². The van der Waals surface area contributed by atoms with Crippen LogP contribution in [0.5, 0.6) is 0 Å². The van der Waals surface area contributed by atoms with E-state index in [4.69, 9.17) is 0 Å². The molecule has 0 spiro atoms. The molecule has 4 rings (SSSR count). The van der Waals surface area contributed by atoms with Crippen molar-refractivity contribution in [2.75, 3.05) is 5.32 Å². The standard InChI is InChI=1S/C20H20BrN7O/c1-12-17(7-10-20(29)22-16-6-4-5-15(21)11-16)13(2)27(25-12)19-9-8-18-24-23-14(3)28(18)26-19/h4-6,8-9,11H,7,10H2,1-3H3,(H,22,29). The number of fused-ring (bicyclic) bond motifs is 1. The molecule has 0 aliphatic rings. The van der Waals surface area contributed by atoms with Gasteiger partial charge >= 0.3 is 0 Å². The van der Waals surface area contributed by atoms with Gasteiger partial charge in [-0.2, -0.15) is 9.61 Å². The Labute approximate surface area is 176 Å². The fourth-order valence-electron chi connectivity index (χ4n) is 3.29. The zero-order valence-corrected chi connectivity index (χ0v) is 17.9. The van der Waals surface area contributed by atoms with Crippen LogP contribution < -0.4 is 5.32 Å². The number of hydrogen-bond donors (Lipinski definition) is 1. The number of hydrogen-bond acceptors (Lipinski definition) is 5. The number of nitrogens with one attached hydrogen (secondary N) is 1. The molecular weight excluding hydrogens is 434 g/mol. The van der Waals surface area contributed by atoms with Gasteiger partial charge in [-0.1, -0.05) is 22.0 Å². The van der Waals surface area contributed by atoms with E-state index in [9.17, 15) is 4.79 Å². The molecule has 0 saturated carbocycles. The van der Waals surface area contributed by atoms with Crippen molar-refractivity contribution in [1.29, 1.82) is 0 Å². The van der Waals surface area contributed by atoms with Gasteiger partial charge in [-0.3, -0.25) is 4.79 Å². The van der Waals surface area contributed by atoms with Gasteiger partial charge in [0.15, 0.2) is 17.3 Å². The zero-order valence-electron chi connectivity index (χ0n) is 16.3. The third-order valence-electron chi connectivity index (χ3n) is 4.77. The van der Waals surface area contributed by atoms with Gasteiger partial charge < -0.3 is 5.32 Å². The Bertz CT molecular complexity index is 1210. The van der Waals surface area contributed by atoms with Crippen LogP contribution in [-0.2, 0) is 11.2 Å². The summed E-state index contributed by atoms with van der Waals surface area (Å²) in [5, 5.41) is 20.3. The van der Waals surface area contributed by atoms with E-state index in [2.05, 4.69) is 41.6 Å². The Morgan fingerprint density at radius 1 is 1.10 bits per heavy atom. The maximum atomic E-state index is 12.4. The van der Waals surface area contributed by atoms with Crippen LogP contribution in [0.1, 0.15) is 29.2 Å². The van der Waals surface area contributed by atoms with Crippen LogP contribution in [0, 0.1) is 20.8 Å². The summed E-state index contributed by atoms with van der Waals surface area (Å²) in [6.45, 7) is 5.80. The molecule has 1 amide bonds. The lowest BCUT2D eigenvalue weighted by Crippen LogP contribution is -2.12. The maximum absolute atomic E-state index is 12.4. The van der Waals surface area contributed by atoms with Crippen molar-refractivity contribution >= 4 is 33.2 Å². The van der Waals surface area contributed by atoms with E-state index in [0.717, 1.165) is 27.1 Å². The number of aryl methyl sites for hydroxylation is 2. The average Bonchev–Trinajstić information content (AvgIpc) is 3.19. The third kappa shape index (κ3) is 3.91. The molecule has 3 heterocycles. The van der Waals surface area contributed by atoms with Crippen LogP contribution >= 0.6 is 15.9 Å². The number of aromatic nitrogens is 6. The lowest BCUT2D eigenvalue weighted by molar-refractivity contribution is -0.116. The van der Waals surface area contributed by atoms with Gasteiger partial charge in [0, 0.05) is 22.3 Å². The SMILES string of the molecule is Cc1nn(-c2ccc3nnc(C)n3n2)c(C)c1CCC(=O)Nc1cccc(Br)c1. The first-order valence-corrected chi connectivity index (χ1v) is 10.0. The quantitative estimate of drug-likeness (QED) is 0.498. The van der Waals surface area contributed by atoms with Crippen molar-refractivity contribution in [3.05, 3.63) is 63.6 Å². The largest absolute Gasteiger partial charge is 0.326 e. The predicted molar refractivity (Wildman–Crippen MR) is 113 cm³/mol. The Balaban J connectivity index is 1.52. The highest BCUT2D eigenvalue weighted by Crippen LogP contribution is 2.20. The summed E-state index contributed by atoms with van der Waals surface area (Å²) in [6.07, 6.45) is 0.975. The first-order valence-electron chi connectivity index (χ1n) is 9.22. The van der Waals surface area contributed by atoms with E-state index < -0.39 is 0 Å². The molecule has 1 N–H and O–H groups in total.